The monoisotopic (exact) mass is 206 g/mol. The Kier molecular flexibility index (Phi) is 2.37. The van der Waals surface area contributed by atoms with E-state index in [0.717, 1.165) is 30.2 Å². The van der Waals surface area contributed by atoms with Crippen molar-refractivity contribution in [1.82, 2.24) is 4.90 Å². The molecule has 0 aromatic heterocycles. The highest BCUT2D eigenvalue weighted by Crippen LogP contribution is 2.48. The molecule has 2 heteroatoms. The first-order chi connectivity index (χ1) is 7.29. The summed E-state index contributed by atoms with van der Waals surface area (Å²) < 4.78 is 0. The summed E-state index contributed by atoms with van der Waals surface area (Å²) in [6.45, 7) is 5.68. The normalized spacial score (nSPS) is 45.7. The van der Waals surface area contributed by atoms with E-state index in [1.807, 2.05) is 0 Å². The highest BCUT2D eigenvalue weighted by atomic mass is 15.2. The lowest BCUT2D eigenvalue weighted by atomic mass is 9.64. The van der Waals surface area contributed by atoms with Gasteiger partial charge in [0.15, 0.2) is 0 Å². The molecule has 0 amide bonds. The van der Waals surface area contributed by atoms with Crippen LogP contribution in [0.1, 0.15) is 19.8 Å². The molecule has 2 nitrogen and oxygen atoms in total. The van der Waals surface area contributed by atoms with E-state index < -0.39 is 0 Å². The molecule has 4 rings (SSSR count). The van der Waals surface area contributed by atoms with Crippen LogP contribution in [0.2, 0.25) is 0 Å². The maximum Gasteiger partial charge on any atom is 0.0190 e. The number of nitrogens with zero attached hydrogens (tertiary/aromatic N) is 1. The molecule has 0 radical (unpaired) electrons. The third-order valence-electron chi connectivity index (χ3n) is 4.94. The Morgan fingerprint density at radius 2 is 1.73 bits per heavy atom. The minimum absolute atomic E-state index is 0.579. The fourth-order valence-electron chi connectivity index (χ4n) is 3.88. The van der Waals surface area contributed by atoms with Crippen LogP contribution in [0.4, 0.5) is 0 Å². The largest absolute Gasteiger partial charge is 0.329 e. The van der Waals surface area contributed by atoms with Gasteiger partial charge in [0.2, 0.25) is 0 Å². The van der Waals surface area contributed by atoms with Gasteiger partial charge in [-0.15, -0.1) is 0 Å². The van der Waals surface area contributed by atoms with Crippen LogP contribution in [0.5, 0.6) is 0 Å². The van der Waals surface area contributed by atoms with Crippen LogP contribution in [0.15, 0.2) is 12.2 Å². The van der Waals surface area contributed by atoms with Gasteiger partial charge < -0.3 is 5.73 Å². The molecule has 5 unspecified atom stereocenters. The zero-order valence-corrected chi connectivity index (χ0v) is 9.60. The third kappa shape index (κ3) is 1.46. The maximum absolute atomic E-state index is 5.77. The molecule has 1 saturated heterocycles. The topological polar surface area (TPSA) is 29.3 Å². The number of likely N-dealkylation sites (tertiary alicyclic amines) is 1. The van der Waals surface area contributed by atoms with Crippen molar-refractivity contribution in [1.29, 1.82) is 0 Å². The Bertz CT molecular complexity index is 252. The summed E-state index contributed by atoms with van der Waals surface area (Å²) in [5.41, 5.74) is 5.77. The average Bonchev–Trinajstić information content (AvgIpc) is 2.76. The Morgan fingerprint density at radius 3 is 2.13 bits per heavy atom. The van der Waals surface area contributed by atoms with E-state index in [0.29, 0.717) is 6.04 Å². The molecule has 2 fully saturated rings. The van der Waals surface area contributed by atoms with Crippen molar-refractivity contribution in [2.24, 2.45) is 29.4 Å². The molecule has 1 heterocycles. The van der Waals surface area contributed by atoms with Crippen molar-refractivity contribution in [2.45, 2.75) is 25.8 Å². The molecular weight excluding hydrogens is 184 g/mol. The van der Waals surface area contributed by atoms with Gasteiger partial charge in [-0.25, -0.2) is 0 Å². The smallest absolute Gasteiger partial charge is 0.0190 e. The molecule has 2 N–H and O–H groups in total. The Labute approximate surface area is 92.5 Å². The zero-order chi connectivity index (χ0) is 10.4. The van der Waals surface area contributed by atoms with Gasteiger partial charge in [-0.1, -0.05) is 12.2 Å². The SMILES string of the molecule is CC(CN)N1CC2C3C=CC(CC3)C2C1. The number of hydrogen-bond donors (Lipinski definition) is 1. The lowest BCUT2D eigenvalue weighted by Gasteiger charge is -2.40. The molecule has 5 atom stereocenters. The molecule has 84 valence electrons. The fourth-order valence-corrected chi connectivity index (χ4v) is 3.88. The van der Waals surface area contributed by atoms with E-state index in [1.165, 1.54) is 25.9 Å². The summed E-state index contributed by atoms with van der Waals surface area (Å²) in [6, 6.07) is 0.579. The molecule has 3 aliphatic carbocycles. The van der Waals surface area contributed by atoms with E-state index in [2.05, 4.69) is 24.0 Å². The summed E-state index contributed by atoms with van der Waals surface area (Å²) in [4.78, 5) is 2.62. The molecule has 0 aromatic carbocycles. The zero-order valence-electron chi connectivity index (χ0n) is 9.60. The Balaban J connectivity index is 1.76. The molecule has 0 aromatic rings. The number of nitrogens with two attached hydrogens (primary N) is 1. The van der Waals surface area contributed by atoms with Crippen molar-refractivity contribution in [3.05, 3.63) is 12.2 Å². The fraction of sp³-hybridized carbons (Fsp3) is 0.846. The standard InChI is InChI=1S/C13H22N2/c1-9(6-14)15-7-12-10-2-3-11(5-4-10)13(12)8-15/h2-3,9-13H,4-8,14H2,1H3. The quantitative estimate of drug-likeness (QED) is 0.693. The first-order valence-electron chi connectivity index (χ1n) is 6.42. The van der Waals surface area contributed by atoms with Crippen molar-refractivity contribution >= 4 is 0 Å². The minimum Gasteiger partial charge on any atom is -0.329 e. The molecule has 0 spiro atoms. The summed E-state index contributed by atoms with van der Waals surface area (Å²) in [7, 11) is 0. The van der Waals surface area contributed by atoms with Crippen LogP contribution < -0.4 is 5.73 Å². The number of allylic oxidation sites excluding steroid dienone is 2. The Morgan fingerprint density at radius 1 is 1.20 bits per heavy atom. The van der Waals surface area contributed by atoms with Gasteiger partial charge in [-0.05, 0) is 43.4 Å². The molecule has 1 aliphatic heterocycles. The molecule has 4 aliphatic rings. The number of fused-ring (bicyclic) bond motifs is 1. The predicted molar refractivity (Wildman–Crippen MR) is 62.4 cm³/mol. The van der Waals surface area contributed by atoms with Crippen molar-refractivity contribution < 1.29 is 0 Å². The molecule has 15 heavy (non-hydrogen) atoms. The average molecular weight is 206 g/mol. The van der Waals surface area contributed by atoms with Crippen molar-refractivity contribution in [3.63, 3.8) is 0 Å². The second-order valence-corrected chi connectivity index (χ2v) is 5.66. The molecule has 1 saturated carbocycles. The highest BCUT2D eigenvalue weighted by molar-refractivity contribution is 5.12. The third-order valence-corrected chi connectivity index (χ3v) is 4.94. The second kappa shape index (κ2) is 3.60. The maximum atomic E-state index is 5.77. The van der Waals surface area contributed by atoms with Crippen molar-refractivity contribution in [2.75, 3.05) is 19.6 Å². The van der Waals surface area contributed by atoms with E-state index in [9.17, 15) is 0 Å². The van der Waals surface area contributed by atoms with E-state index in [1.54, 1.807) is 0 Å². The van der Waals surface area contributed by atoms with Crippen LogP contribution in [0.25, 0.3) is 0 Å². The van der Waals surface area contributed by atoms with Crippen LogP contribution in [-0.4, -0.2) is 30.6 Å². The van der Waals surface area contributed by atoms with Crippen LogP contribution in [-0.2, 0) is 0 Å². The van der Waals surface area contributed by atoms with Crippen LogP contribution in [0, 0.1) is 23.7 Å². The van der Waals surface area contributed by atoms with Gasteiger partial charge >= 0.3 is 0 Å². The molecular formula is C13H22N2. The first kappa shape index (κ1) is 9.86. The van der Waals surface area contributed by atoms with E-state index in [-0.39, 0.29) is 0 Å². The van der Waals surface area contributed by atoms with Crippen LogP contribution >= 0.6 is 0 Å². The van der Waals surface area contributed by atoms with Gasteiger partial charge in [-0.3, -0.25) is 4.90 Å². The van der Waals surface area contributed by atoms with E-state index in [4.69, 9.17) is 5.73 Å². The van der Waals surface area contributed by atoms with Gasteiger partial charge in [0, 0.05) is 25.7 Å². The lowest BCUT2D eigenvalue weighted by Crippen LogP contribution is -2.37. The van der Waals surface area contributed by atoms with Crippen molar-refractivity contribution in [3.8, 4) is 0 Å². The second-order valence-electron chi connectivity index (χ2n) is 5.66. The van der Waals surface area contributed by atoms with Gasteiger partial charge in [-0.2, -0.15) is 0 Å². The summed E-state index contributed by atoms with van der Waals surface area (Å²) in [6.07, 6.45) is 7.86. The van der Waals surface area contributed by atoms with E-state index >= 15 is 0 Å². The lowest BCUT2D eigenvalue weighted by molar-refractivity contribution is 0.169. The van der Waals surface area contributed by atoms with Gasteiger partial charge in [0.1, 0.15) is 0 Å². The molecule has 2 bridgehead atoms. The summed E-state index contributed by atoms with van der Waals surface area (Å²) in [5, 5.41) is 0. The first-order valence-corrected chi connectivity index (χ1v) is 6.42. The number of rotatable bonds is 2. The highest BCUT2D eigenvalue weighted by Gasteiger charge is 2.46. The van der Waals surface area contributed by atoms with Crippen LogP contribution in [0.3, 0.4) is 0 Å². The minimum atomic E-state index is 0.579. The Hall–Kier alpha value is -0.340. The number of hydrogen-bond acceptors (Lipinski definition) is 2. The van der Waals surface area contributed by atoms with Gasteiger partial charge in [0.05, 0.1) is 0 Å². The summed E-state index contributed by atoms with van der Waals surface area (Å²) in [5.74, 6) is 3.66. The van der Waals surface area contributed by atoms with Gasteiger partial charge in [0.25, 0.3) is 0 Å². The summed E-state index contributed by atoms with van der Waals surface area (Å²) >= 11 is 0. The predicted octanol–water partition coefficient (Wildman–Crippen LogP) is 1.48.